The van der Waals surface area contributed by atoms with Gasteiger partial charge in [0.2, 0.25) is 5.91 Å². The summed E-state index contributed by atoms with van der Waals surface area (Å²) in [6, 6.07) is 1.56. The molecule has 0 aliphatic rings. The van der Waals surface area contributed by atoms with E-state index in [1.165, 1.54) is 0 Å². The molecule has 0 radical (unpaired) electrons. The van der Waals surface area contributed by atoms with Gasteiger partial charge in [-0.15, -0.1) is 11.3 Å². The molecule has 1 rings (SSSR count). The molecule has 5 heteroatoms. The van der Waals surface area contributed by atoms with Gasteiger partial charge in [-0.2, -0.15) is 0 Å². The summed E-state index contributed by atoms with van der Waals surface area (Å²) in [5.41, 5.74) is 5.83. The van der Waals surface area contributed by atoms with Gasteiger partial charge in [0.25, 0.3) is 0 Å². The Morgan fingerprint density at radius 3 is 2.88 bits per heavy atom. The fourth-order valence-electron chi connectivity index (χ4n) is 1.25. The number of hydrogen-bond acceptors (Lipinski definition) is 3. The molecule has 1 aromatic rings. The summed E-state index contributed by atoms with van der Waals surface area (Å²) in [5.74, 6) is 0.140. The first-order valence-electron chi connectivity index (χ1n) is 5.31. The van der Waals surface area contributed by atoms with Crippen LogP contribution in [0.25, 0.3) is 0 Å². The highest BCUT2D eigenvalue weighted by molar-refractivity contribution is 9.10. The van der Waals surface area contributed by atoms with E-state index in [1.54, 1.807) is 11.3 Å². The van der Waals surface area contributed by atoms with Gasteiger partial charge in [-0.1, -0.05) is 20.3 Å². The first kappa shape index (κ1) is 13.7. The first-order chi connectivity index (χ1) is 7.56. The molecule has 0 aliphatic heterocycles. The highest BCUT2D eigenvalue weighted by atomic mass is 79.9. The summed E-state index contributed by atoms with van der Waals surface area (Å²) in [4.78, 5) is 12.8. The maximum Gasteiger partial charge on any atom is 0.237 e. The van der Waals surface area contributed by atoms with Crippen LogP contribution in [0.4, 0.5) is 0 Å². The Labute approximate surface area is 109 Å². The van der Waals surface area contributed by atoms with Gasteiger partial charge in [0.05, 0.1) is 12.6 Å². The van der Waals surface area contributed by atoms with Crippen molar-refractivity contribution in [2.24, 2.45) is 11.7 Å². The zero-order valence-corrected chi connectivity index (χ0v) is 11.9. The summed E-state index contributed by atoms with van der Waals surface area (Å²) < 4.78 is 1.04. The van der Waals surface area contributed by atoms with E-state index >= 15 is 0 Å². The zero-order chi connectivity index (χ0) is 12.1. The van der Waals surface area contributed by atoms with Crippen molar-refractivity contribution in [3.05, 3.63) is 20.8 Å². The summed E-state index contributed by atoms with van der Waals surface area (Å²) in [5, 5.41) is 4.84. The van der Waals surface area contributed by atoms with Crippen molar-refractivity contribution in [3.63, 3.8) is 0 Å². The minimum atomic E-state index is -0.413. The second-order valence-corrected chi connectivity index (χ2v) is 5.68. The molecule has 0 aromatic carbocycles. The lowest BCUT2D eigenvalue weighted by Gasteiger charge is -2.17. The topological polar surface area (TPSA) is 55.1 Å². The Morgan fingerprint density at radius 2 is 2.38 bits per heavy atom. The average Bonchev–Trinajstić information content (AvgIpc) is 2.69. The van der Waals surface area contributed by atoms with Gasteiger partial charge >= 0.3 is 0 Å². The molecule has 1 amide bonds. The fourth-order valence-corrected chi connectivity index (χ4v) is 2.68. The third-order valence-electron chi connectivity index (χ3n) is 2.67. The Hall–Kier alpha value is -0.390. The standard InChI is InChI=1S/C11H17BrN2OS/c1-3-7(2)10(13)11(15)14-6-9-8(12)4-5-16-9/h4-5,7,10H,3,6,13H2,1-2H3,(H,14,15)/t7?,10-/m0/s1. The van der Waals surface area contributed by atoms with Gasteiger partial charge in [0.1, 0.15) is 0 Å². The molecule has 0 spiro atoms. The highest BCUT2D eigenvalue weighted by Crippen LogP contribution is 2.22. The first-order valence-corrected chi connectivity index (χ1v) is 6.98. The molecule has 1 heterocycles. The molecule has 1 aromatic heterocycles. The number of carbonyl (C=O) groups excluding carboxylic acids is 1. The summed E-state index contributed by atoms with van der Waals surface area (Å²) in [6.45, 7) is 4.57. The van der Waals surface area contributed by atoms with E-state index in [0.29, 0.717) is 6.54 Å². The second kappa shape index (κ2) is 6.37. The predicted octanol–water partition coefficient (Wildman–Crippen LogP) is 2.50. The Kier molecular flexibility index (Phi) is 5.44. The molecule has 90 valence electrons. The second-order valence-electron chi connectivity index (χ2n) is 3.82. The maximum absolute atomic E-state index is 11.7. The van der Waals surface area contributed by atoms with Crippen molar-refractivity contribution in [1.82, 2.24) is 5.32 Å². The van der Waals surface area contributed by atoms with E-state index in [0.717, 1.165) is 15.8 Å². The van der Waals surface area contributed by atoms with E-state index < -0.39 is 6.04 Å². The highest BCUT2D eigenvalue weighted by Gasteiger charge is 2.19. The normalized spacial score (nSPS) is 14.5. The molecule has 3 nitrogen and oxygen atoms in total. The molecule has 1 unspecified atom stereocenters. The number of halogens is 1. The Morgan fingerprint density at radius 1 is 1.69 bits per heavy atom. The largest absolute Gasteiger partial charge is 0.350 e. The minimum Gasteiger partial charge on any atom is -0.350 e. The van der Waals surface area contributed by atoms with E-state index in [9.17, 15) is 4.79 Å². The number of amides is 1. The van der Waals surface area contributed by atoms with Gasteiger partial charge in [-0.05, 0) is 33.3 Å². The molecule has 2 atom stereocenters. The fraction of sp³-hybridized carbons (Fsp3) is 0.545. The van der Waals surface area contributed by atoms with Gasteiger partial charge in [0.15, 0.2) is 0 Å². The smallest absolute Gasteiger partial charge is 0.237 e. The molecule has 16 heavy (non-hydrogen) atoms. The molecule has 0 saturated carbocycles. The van der Waals surface area contributed by atoms with E-state index in [4.69, 9.17) is 5.73 Å². The number of nitrogens with one attached hydrogen (secondary N) is 1. The summed E-state index contributed by atoms with van der Waals surface area (Å²) in [7, 11) is 0. The Bertz CT molecular complexity index is 354. The van der Waals surface area contributed by atoms with Crippen molar-refractivity contribution < 1.29 is 4.79 Å². The lowest BCUT2D eigenvalue weighted by Crippen LogP contribution is -2.44. The average molecular weight is 305 g/mol. The van der Waals surface area contributed by atoms with Crippen molar-refractivity contribution in [1.29, 1.82) is 0 Å². The number of thiophene rings is 1. The van der Waals surface area contributed by atoms with Gasteiger partial charge in [0, 0.05) is 9.35 Å². The number of hydrogen-bond donors (Lipinski definition) is 2. The monoisotopic (exact) mass is 304 g/mol. The quantitative estimate of drug-likeness (QED) is 0.878. The minimum absolute atomic E-state index is 0.0744. The van der Waals surface area contributed by atoms with E-state index in [2.05, 4.69) is 21.2 Å². The lowest BCUT2D eigenvalue weighted by molar-refractivity contribution is -0.123. The number of nitrogens with two attached hydrogens (primary N) is 1. The SMILES string of the molecule is CCC(C)[C@H](N)C(=O)NCc1sccc1Br. The summed E-state index contributed by atoms with van der Waals surface area (Å²) in [6.07, 6.45) is 0.914. The third kappa shape index (κ3) is 3.57. The molecule has 0 aliphatic carbocycles. The van der Waals surface area contributed by atoms with Crippen molar-refractivity contribution >= 4 is 33.2 Å². The molecular weight excluding hydrogens is 288 g/mol. The zero-order valence-electron chi connectivity index (χ0n) is 9.50. The molecule has 0 bridgehead atoms. The van der Waals surface area contributed by atoms with Crippen LogP contribution in [0.3, 0.4) is 0 Å². The molecular formula is C11H17BrN2OS. The summed E-state index contributed by atoms with van der Waals surface area (Å²) >= 11 is 5.04. The number of carbonyl (C=O) groups is 1. The Balaban J connectivity index is 2.44. The van der Waals surface area contributed by atoms with Crippen LogP contribution in [-0.2, 0) is 11.3 Å². The third-order valence-corrected chi connectivity index (χ3v) is 4.60. The lowest BCUT2D eigenvalue weighted by atomic mass is 9.99. The van der Waals surface area contributed by atoms with Gasteiger partial charge in [-0.3, -0.25) is 4.79 Å². The molecule has 3 N–H and O–H groups in total. The van der Waals surface area contributed by atoms with Gasteiger partial charge < -0.3 is 11.1 Å². The van der Waals surface area contributed by atoms with Crippen LogP contribution >= 0.6 is 27.3 Å². The van der Waals surface area contributed by atoms with Crippen LogP contribution in [0.5, 0.6) is 0 Å². The van der Waals surface area contributed by atoms with Crippen LogP contribution < -0.4 is 11.1 Å². The van der Waals surface area contributed by atoms with E-state index in [1.807, 2.05) is 25.3 Å². The van der Waals surface area contributed by atoms with Crippen LogP contribution in [0.1, 0.15) is 25.1 Å². The predicted molar refractivity (Wildman–Crippen MR) is 71.3 cm³/mol. The maximum atomic E-state index is 11.7. The van der Waals surface area contributed by atoms with Crippen molar-refractivity contribution in [2.75, 3.05) is 0 Å². The molecule has 0 saturated heterocycles. The number of rotatable bonds is 5. The van der Waals surface area contributed by atoms with E-state index in [-0.39, 0.29) is 11.8 Å². The van der Waals surface area contributed by atoms with Crippen molar-refractivity contribution in [3.8, 4) is 0 Å². The molecule has 0 fully saturated rings. The van der Waals surface area contributed by atoms with Crippen molar-refractivity contribution in [2.45, 2.75) is 32.9 Å². The van der Waals surface area contributed by atoms with Gasteiger partial charge in [-0.25, -0.2) is 0 Å². The van der Waals surface area contributed by atoms with Crippen LogP contribution in [0.15, 0.2) is 15.9 Å². The van der Waals surface area contributed by atoms with Crippen LogP contribution in [0, 0.1) is 5.92 Å². The van der Waals surface area contributed by atoms with Crippen LogP contribution in [-0.4, -0.2) is 11.9 Å². The van der Waals surface area contributed by atoms with Crippen LogP contribution in [0.2, 0.25) is 0 Å².